The van der Waals surface area contributed by atoms with Gasteiger partial charge in [-0.05, 0) is 22.6 Å². The SMILES string of the molecule is CC(C)(C)c1ccn(Cc2ccccc2)c1C(C)(C)C. The van der Waals surface area contributed by atoms with Crippen molar-refractivity contribution >= 4 is 0 Å². The number of nitrogens with zero attached hydrogens (tertiary/aromatic N) is 1. The van der Waals surface area contributed by atoms with Crippen LogP contribution in [-0.2, 0) is 17.4 Å². The first kappa shape index (κ1) is 14.9. The molecule has 108 valence electrons. The molecule has 2 aromatic rings. The number of hydrogen-bond donors (Lipinski definition) is 0. The molecule has 20 heavy (non-hydrogen) atoms. The fraction of sp³-hybridized carbons (Fsp3) is 0.474. The quantitative estimate of drug-likeness (QED) is 0.712. The lowest BCUT2D eigenvalue weighted by Gasteiger charge is -2.29. The highest BCUT2D eigenvalue weighted by atomic mass is 15.0. The fourth-order valence-electron chi connectivity index (χ4n) is 2.82. The molecule has 0 aliphatic rings. The van der Waals surface area contributed by atoms with Crippen molar-refractivity contribution in [2.24, 2.45) is 0 Å². The minimum Gasteiger partial charge on any atom is -0.346 e. The summed E-state index contributed by atoms with van der Waals surface area (Å²) in [6.07, 6.45) is 2.24. The number of rotatable bonds is 2. The van der Waals surface area contributed by atoms with Crippen LogP contribution >= 0.6 is 0 Å². The normalized spacial score (nSPS) is 12.7. The van der Waals surface area contributed by atoms with Crippen LogP contribution in [0.4, 0.5) is 0 Å². The molecular weight excluding hydrogens is 242 g/mol. The van der Waals surface area contributed by atoms with Gasteiger partial charge in [0, 0.05) is 23.9 Å². The monoisotopic (exact) mass is 269 g/mol. The Morgan fingerprint density at radius 2 is 1.40 bits per heavy atom. The predicted molar refractivity (Wildman–Crippen MR) is 87.4 cm³/mol. The lowest BCUT2D eigenvalue weighted by Crippen LogP contribution is -2.24. The summed E-state index contributed by atoms with van der Waals surface area (Å²) in [4.78, 5) is 0. The Hall–Kier alpha value is -1.50. The molecule has 0 atom stereocenters. The molecule has 0 fully saturated rings. The van der Waals surface area contributed by atoms with E-state index in [1.54, 1.807) is 0 Å². The lowest BCUT2D eigenvalue weighted by atomic mass is 9.79. The summed E-state index contributed by atoms with van der Waals surface area (Å²) in [5.74, 6) is 0. The molecule has 1 aromatic carbocycles. The van der Waals surface area contributed by atoms with Gasteiger partial charge in [-0.25, -0.2) is 0 Å². The Labute approximate surface area is 123 Å². The molecule has 1 heterocycles. The molecule has 0 amide bonds. The molecule has 1 heteroatoms. The third kappa shape index (κ3) is 3.15. The summed E-state index contributed by atoms with van der Waals surface area (Å²) < 4.78 is 2.41. The van der Waals surface area contributed by atoms with E-state index in [1.165, 1.54) is 16.8 Å². The van der Waals surface area contributed by atoms with E-state index in [0.717, 1.165) is 6.54 Å². The maximum atomic E-state index is 2.41. The van der Waals surface area contributed by atoms with Crippen molar-refractivity contribution in [1.29, 1.82) is 0 Å². The Morgan fingerprint density at radius 1 is 0.800 bits per heavy atom. The number of aromatic nitrogens is 1. The highest BCUT2D eigenvalue weighted by molar-refractivity contribution is 5.35. The van der Waals surface area contributed by atoms with Gasteiger partial charge >= 0.3 is 0 Å². The third-order valence-corrected chi connectivity index (χ3v) is 3.68. The standard InChI is InChI=1S/C19H27N/c1-18(2,3)16-12-13-20(17(16)19(4,5)6)14-15-10-8-7-9-11-15/h7-13H,14H2,1-6H3. The molecule has 1 nitrogen and oxygen atoms in total. The maximum Gasteiger partial charge on any atom is 0.0473 e. The van der Waals surface area contributed by atoms with Gasteiger partial charge in [0.05, 0.1) is 0 Å². The van der Waals surface area contributed by atoms with Gasteiger partial charge < -0.3 is 4.57 Å². The van der Waals surface area contributed by atoms with Crippen LogP contribution in [0.3, 0.4) is 0 Å². The molecular formula is C19H27N. The average Bonchev–Trinajstić information content (AvgIpc) is 2.73. The minimum atomic E-state index is 0.154. The van der Waals surface area contributed by atoms with Crippen LogP contribution < -0.4 is 0 Å². The van der Waals surface area contributed by atoms with Crippen LogP contribution in [0.25, 0.3) is 0 Å². The predicted octanol–water partition coefficient (Wildman–Crippen LogP) is 5.13. The van der Waals surface area contributed by atoms with E-state index in [0.29, 0.717) is 0 Å². The van der Waals surface area contributed by atoms with Gasteiger partial charge in [0.2, 0.25) is 0 Å². The van der Waals surface area contributed by atoms with E-state index in [2.05, 4.69) is 88.7 Å². The Kier molecular flexibility index (Phi) is 3.82. The summed E-state index contributed by atoms with van der Waals surface area (Å²) >= 11 is 0. The smallest absolute Gasteiger partial charge is 0.0473 e. The van der Waals surface area contributed by atoms with E-state index in [-0.39, 0.29) is 10.8 Å². The van der Waals surface area contributed by atoms with Crippen LogP contribution in [0.2, 0.25) is 0 Å². The molecule has 1 aromatic heterocycles. The van der Waals surface area contributed by atoms with Gasteiger partial charge in [-0.2, -0.15) is 0 Å². The van der Waals surface area contributed by atoms with E-state index in [4.69, 9.17) is 0 Å². The van der Waals surface area contributed by atoms with E-state index in [1.807, 2.05) is 0 Å². The number of hydrogen-bond acceptors (Lipinski definition) is 0. The van der Waals surface area contributed by atoms with Crippen molar-refractivity contribution < 1.29 is 0 Å². The van der Waals surface area contributed by atoms with Crippen LogP contribution in [0.15, 0.2) is 42.6 Å². The summed E-state index contributed by atoms with van der Waals surface area (Å²) in [5.41, 5.74) is 4.61. The second-order valence-corrected chi connectivity index (χ2v) is 7.69. The Balaban J connectivity index is 2.47. The Bertz CT molecular complexity index is 562. The summed E-state index contributed by atoms with van der Waals surface area (Å²) in [7, 11) is 0. The largest absolute Gasteiger partial charge is 0.346 e. The van der Waals surface area contributed by atoms with Crippen molar-refractivity contribution in [3.63, 3.8) is 0 Å². The second kappa shape index (κ2) is 5.12. The Morgan fingerprint density at radius 3 is 1.90 bits per heavy atom. The maximum absolute atomic E-state index is 2.41. The van der Waals surface area contributed by atoms with Crippen molar-refractivity contribution in [3.8, 4) is 0 Å². The average molecular weight is 269 g/mol. The van der Waals surface area contributed by atoms with Crippen LogP contribution in [-0.4, -0.2) is 4.57 Å². The third-order valence-electron chi connectivity index (χ3n) is 3.68. The van der Waals surface area contributed by atoms with Crippen LogP contribution in [0.5, 0.6) is 0 Å². The van der Waals surface area contributed by atoms with Gasteiger partial charge in [0.1, 0.15) is 0 Å². The molecule has 2 rings (SSSR count). The fourth-order valence-corrected chi connectivity index (χ4v) is 2.82. The van der Waals surface area contributed by atoms with E-state index < -0.39 is 0 Å². The first-order valence-corrected chi connectivity index (χ1v) is 7.43. The molecule has 0 aliphatic carbocycles. The molecule has 0 bridgehead atoms. The number of benzene rings is 1. The lowest BCUT2D eigenvalue weighted by molar-refractivity contribution is 0.494. The molecule has 0 aliphatic heterocycles. The summed E-state index contributed by atoms with van der Waals surface area (Å²) in [5, 5.41) is 0. The second-order valence-electron chi connectivity index (χ2n) is 7.69. The zero-order chi connectivity index (χ0) is 15.0. The topological polar surface area (TPSA) is 4.93 Å². The molecule has 0 N–H and O–H groups in total. The zero-order valence-corrected chi connectivity index (χ0v) is 13.7. The first-order chi connectivity index (χ1) is 9.19. The van der Waals surface area contributed by atoms with Crippen molar-refractivity contribution in [1.82, 2.24) is 4.57 Å². The molecule has 0 unspecified atom stereocenters. The molecule has 0 saturated carbocycles. The van der Waals surface area contributed by atoms with Gasteiger partial charge in [0.15, 0.2) is 0 Å². The first-order valence-electron chi connectivity index (χ1n) is 7.43. The highest BCUT2D eigenvalue weighted by Crippen LogP contribution is 2.35. The highest BCUT2D eigenvalue weighted by Gasteiger charge is 2.28. The van der Waals surface area contributed by atoms with E-state index >= 15 is 0 Å². The summed E-state index contributed by atoms with van der Waals surface area (Å²) in [6, 6.07) is 13.0. The van der Waals surface area contributed by atoms with Crippen molar-refractivity contribution in [3.05, 3.63) is 59.4 Å². The van der Waals surface area contributed by atoms with E-state index in [9.17, 15) is 0 Å². The van der Waals surface area contributed by atoms with Crippen molar-refractivity contribution in [2.45, 2.75) is 58.9 Å². The zero-order valence-electron chi connectivity index (χ0n) is 13.7. The van der Waals surface area contributed by atoms with Crippen molar-refractivity contribution in [2.75, 3.05) is 0 Å². The van der Waals surface area contributed by atoms with Crippen LogP contribution in [0.1, 0.15) is 58.4 Å². The minimum absolute atomic E-state index is 0.154. The van der Waals surface area contributed by atoms with Gasteiger partial charge in [0.25, 0.3) is 0 Å². The van der Waals surface area contributed by atoms with Gasteiger partial charge in [-0.1, -0.05) is 71.9 Å². The van der Waals surface area contributed by atoms with Crippen LogP contribution in [0, 0.1) is 0 Å². The summed E-state index contributed by atoms with van der Waals surface area (Å²) in [6.45, 7) is 14.8. The molecule has 0 saturated heterocycles. The molecule has 0 radical (unpaired) electrons. The van der Waals surface area contributed by atoms with Gasteiger partial charge in [-0.15, -0.1) is 0 Å². The molecule has 0 spiro atoms. The van der Waals surface area contributed by atoms with Gasteiger partial charge in [-0.3, -0.25) is 0 Å².